The first kappa shape index (κ1) is 24.6. The molecule has 12 nitrogen and oxygen atoms in total. The molecule has 0 saturated heterocycles. The van der Waals surface area contributed by atoms with Crippen LogP contribution in [0, 0.1) is 0 Å². The second-order valence-corrected chi connectivity index (χ2v) is 11.4. The molecule has 0 aliphatic heterocycles. The number of hydrazone groups is 1. The third-order valence-corrected chi connectivity index (χ3v) is 7.65. The second-order valence-electron chi connectivity index (χ2n) is 7.24. The predicted molar refractivity (Wildman–Crippen MR) is 125 cm³/mol. The van der Waals surface area contributed by atoms with Crippen molar-refractivity contribution in [3.05, 3.63) is 70.6 Å². The zero-order valence-electron chi connectivity index (χ0n) is 17.1. The smallest absolute Gasteiger partial charge is 0.286 e. The van der Waals surface area contributed by atoms with Crippen LogP contribution in [0.15, 0.2) is 74.4 Å². The van der Waals surface area contributed by atoms with E-state index in [0.717, 1.165) is 30.3 Å². The van der Waals surface area contributed by atoms with Gasteiger partial charge in [0.05, 0.1) is 10.6 Å². The quantitative estimate of drug-likeness (QED) is 0.273. The Morgan fingerprint density at radius 1 is 0.743 bits per heavy atom. The molecule has 15 heteroatoms. The predicted octanol–water partition coefficient (Wildman–Crippen LogP) is 1.96. The molecule has 0 radical (unpaired) electrons. The summed E-state index contributed by atoms with van der Waals surface area (Å²) >= 11 is 0. The molecule has 1 aliphatic rings. The van der Waals surface area contributed by atoms with E-state index < -0.39 is 51.6 Å². The number of allylic oxidation sites excluding steroid dienone is 1. The summed E-state index contributed by atoms with van der Waals surface area (Å²) in [6, 6.07) is 11.4. The van der Waals surface area contributed by atoms with Crippen molar-refractivity contribution in [1.29, 1.82) is 0 Å². The fourth-order valence-corrected chi connectivity index (χ4v) is 5.31. The Bertz CT molecular complexity index is 1810. The number of carbonyl (C=O) groups is 1. The lowest BCUT2D eigenvalue weighted by Gasteiger charge is -2.17. The van der Waals surface area contributed by atoms with Gasteiger partial charge in [-0.05, 0) is 35.9 Å². The first-order chi connectivity index (χ1) is 16.2. The number of hydrogen-bond donors (Lipinski definition) is 4. The van der Waals surface area contributed by atoms with Crippen LogP contribution in [0.2, 0.25) is 0 Å². The molecule has 0 amide bonds. The van der Waals surface area contributed by atoms with Gasteiger partial charge in [0.2, 0.25) is 5.78 Å². The second kappa shape index (κ2) is 8.33. The van der Waals surface area contributed by atoms with E-state index in [9.17, 15) is 43.7 Å². The normalized spacial score (nSPS) is 15.7. The van der Waals surface area contributed by atoms with Gasteiger partial charge in [0.25, 0.3) is 30.4 Å². The fraction of sp³-hybridized carbons (Fsp3) is 0. The van der Waals surface area contributed by atoms with E-state index in [-0.39, 0.29) is 32.5 Å². The Morgan fingerprint density at radius 2 is 1.40 bits per heavy atom. The summed E-state index contributed by atoms with van der Waals surface area (Å²) in [5.41, 5.74) is 2.05. The van der Waals surface area contributed by atoms with Crippen LogP contribution in [-0.2, 0) is 35.1 Å². The summed E-state index contributed by atoms with van der Waals surface area (Å²) in [6.07, 6.45) is 0.747. The zero-order chi connectivity index (χ0) is 25.8. The topological polar surface area (TPSA) is 205 Å². The summed E-state index contributed by atoms with van der Waals surface area (Å²) in [4.78, 5) is 10.8. The van der Waals surface area contributed by atoms with E-state index in [0.29, 0.717) is 0 Å². The van der Waals surface area contributed by atoms with E-state index in [1.165, 1.54) is 24.3 Å². The highest BCUT2D eigenvalue weighted by Crippen LogP contribution is 2.31. The van der Waals surface area contributed by atoms with Crippen molar-refractivity contribution in [3.8, 4) is 0 Å². The van der Waals surface area contributed by atoms with E-state index in [2.05, 4.69) is 10.5 Å². The van der Waals surface area contributed by atoms with Gasteiger partial charge < -0.3 is 0 Å². The van der Waals surface area contributed by atoms with Crippen LogP contribution in [0.25, 0.3) is 16.8 Å². The highest BCUT2D eigenvalue weighted by atomic mass is 32.2. The number of rotatable bonds is 5. The minimum absolute atomic E-state index is 0.0128. The van der Waals surface area contributed by atoms with Crippen molar-refractivity contribution in [3.63, 3.8) is 0 Å². The molecule has 0 saturated carbocycles. The number of Topliss-reactive ketones (excluding diaryl/α,β-unsaturated/α-hetero) is 1. The molecule has 35 heavy (non-hydrogen) atoms. The molecule has 0 unspecified atom stereocenters. The third-order valence-electron chi connectivity index (χ3n) is 5.03. The number of benzene rings is 3. The number of carbonyl (C=O) groups excluding carboxylic acids is 1. The van der Waals surface area contributed by atoms with Gasteiger partial charge in [-0.1, -0.05) is 30.3 Å². The standard InChI is InChI=1S/C20H14N2O10S3/c23-20-18(35(30,31)32)10-11-9-12(33(24,25)26)5-6-13(11)19(20)22-21-16-7-8-17(34(27,28)29)15-4-2-1-3-14(15)16/h1-10,21H,(H,24,25,26)(H,27,28,29)(H,30,31,32)/b22-19-. The number of fused-ring (bicyclic) bond motifs is 2. The average molecular weight is 539 g/mol. The minimum atomic E-state index is -5.04. The minimum Gasteiger partial charge on any atom is -0.286 e. The van der Waals surface area contributed by atoms with Crippen molar-refractivity contribution in [1.82, 2.24) is 0 Å². The van der Waals surface area contributed by atoms with Crippen LogP contribution >= 0.6 is 0 Å². The maximum atomic E-state index is 12.8. The number of hydrogen-bond acceptors (Lipinski definition) is 9. The van der Waals surface area contributed by atoms with Crippen LogP contribution in [0.3, 0.4) is 0 Å². The zero-order valence-corrected chi connectivity index (χ0v) is 19.6. The molecular weight excluding hydrogens is 524 g/mol. The molecule has 1 aliphatic carbocycles. The first-order valence-corrected chi connectivity index (χ1v) is 13.7. The summed E-state index contributed by atoms with van der Waals surface area (Å²) in [7, 11) is -14.3. The van der Waals surface area contributed by atoms with Crippen LogP contribution in [0.1, 0.15) is 11.1 Å². The molecule has 0 spiro atoms. The Kier molecular flexibility index (Phi) is 5.87. The van der Waals surface area contributed by atoms with Crippen molar-refractivity contribution < 1.29 is 43.7 Å². The van der Waals surface area contributed by atoms with Gasteiger partial charge in [0.1, 0.15) is 15.5 Å². The monoisotopic (exact) mass is 538 g/mol. The maximum absolute atomic E-state index is 12.8. The molecule has 4 N–H and O–H groups in total. The largest absolute Gasteiger partial charge is 0.298 e. The lowest BCUT2D eigenvalue weighted by Crippen LogP contribution is -2.27. The Labute approximate surface area is 198 Å². The van der Waals surface area contributed by atoms with Gasteiger partial charge in [-0.25, -0.2) is 0 Å². The molecule has 3 aromatic rings. The molecule has 0 aromatic heterocycles. The van der Waals surface area contributed by atoms with Gasteiger partial charge in [0.15, 0.2) is 0 Å². The summed E-state index contributed by atoms with van der Waals surface area (Å²) in [5, 5.41) is 4.36. The Hall–Kier alpha value is -3.47. The van der Waals surface area contributed by atoms with Gasteiger partial charge >= 0.3 is 0 Å². The van der Waals surface area contributed by atoms with Crippen molar-refractivity contribution >= 4 is 64.4 Å². The highest BCUT2D eigenvalue weighted by Gasteiger charge is 2.33. The maximum Gasteiger partial charge on any atom is 0.298 e. The van der Waals surface area contributed by atoms with Gasteiger partial charge in [-0.2, -0.15) is 30.4 Å². The highest BCUT2D eigenvalue weighted by molar-refractivity contribution is 7.91. The Balaban J connectivity index is 1.89. The lowest BCUT2D eigenvalue weighted by atomic mass is 9.94. The van der Waals surface area contributed by atoms with E-state index in [4.69, 9.17) is 0 Å². The van der Waals surface area contributed by atoms with Crippen molar-refractivity contribution in [2.45, 2.75) is 9.79 Å². The Morgan fingerprint density at radius 3 is 2.00 bits per heavy atom. The lowest BCUT2D eigenvalue weighted by molar-refractivity contribution is -0.109. The van der Waals surface area contributed by atoms with Crippen molar-refractivity contribution in [2.75, 3.05) is 5.43 Å². The molecule has 182 valence electrons. The summed E-state index contributed by atoms with van der Waals surface area (Å²) in [6.45, 7) is 0. The number of nitrogens with one attached hydrogen (secondary N) is 1. The van der Waals surface area contributed by atoms with Gasteiger partial charge in [0, 0.05) is 16.3 Å². The summed E-state index contributed by atoms with van der Waals surface area (Å²) in [5.74, 6) is -1.20. The van der Waals surface area contributed by atoms with E-state index in [1.807, 2.05) is 0 Å². The molecule has 3 aromatic carbocycles. The molecule has 4 rings (SSSR count). The SMILES string of the molecule is O=C1C(S(=O)(=O)O)=Cc2cc(S(=O)(=O)O)ccc2/C1=N/Nc1ccc(S(=O)(=O)O)c2ccccc12. The number of nitrogens with zero attached hydrogens (tertiary/aromatic N) is 1. The van der Waals surface area contributed by atoms with E-state index >= 15 is 0 Å². The van der Waals surface area contributed by atoms with Crippen LogP contribution in [0.4, 0.5) is 5.69 Å². The molecule has 0 fully saturated rings. The number of ketones is 1. The fourth-order valence-electron chi connectivity index (χ4n) is 3.49. The van der Waals surface area contributed by atoms with Gasteiger partial charge in [-0.3, -0.25) is 23.9 Å². The number of anilines is 1. The molecule has 0 bridgehead atoms. The molecule has 0 atom stereocenters. The summed E-state index contributed by atoms with van der Waals surface area (Å²) < 4.78 is 98.1. The van der Waals surface area contributed by atoms with Crippen LogP contribution in [-0.4, -0.2) is 50.4 Å². The van der Waals surface area contributed by atoms with Gasteiger partial charge in [-0.15, -0.1) is 0 Å². The molecule has 0 heterocycles. The molecular formula is C20H14N2O10S3. The van der Waals surface area contributed by atoms with Crippen LogP contribution in [0.5, 0.6) is 0 Å². The average Bonchev–Trinajstić information content (AvgIpc) is 2.75. The van der Waals surface area contributed by atoms with Crippen LogP contribution < -0.4 is 5.43 Å². The van der Waals surface area contributed by atoms with Crippen molar-refractivity contribution in [2.24, 2.45) is 5.10 Å². The van der Waals surface area contributed by atoms with E-state index in [1.54, 1.807) is 6.07 Å². The third kappa shape index (κ3) is 4.72. The first-order valence-electron chi connectivity index (χ1n) is 9.36.